The van der Waals surface area contributed by atoms with E-state index in [1.54, 1.807) is 12.1 Å². The van der Waals surface area contributed by atoms with Crippen LogP contribution in [0.4, 0.5) is 4.39 Å². The van der Waals surface area contributed by atoms with Gasteiger partial charge in [-0.25, -0.2) is 4.39 Å². The Morgan fingerprint density at radius 1 is 1.33 bits per heavy atom. The van der Waals surface area contributed by atoms with E-state index in [4.69, 9.17) is 4.74 Å². The van der Waals surface area contributed by atoms with Gasteiger partial charge in [0.15, 0.2) is 0 Å². The molecule has 132 valence electrons. The number of likely N-dealkylation sites (tertiary alicyclic amines) is 1. The fraction of sp³-hybridized carbons (Fsp3) is 0.632. The minimum atomic E-state index is -0.222. The maximum absolute atomic E-state index is 13.0. The first-order valence-corrected chi connectivity index (χ1v) is 8.99. The zero-order valence-electron chi connectivity index (χ0n) is 14.3. The Hall–Kier alpha value is -1.46. The highest BCUT2D eigenvalue weighted by molar-refractivity contribution is 5.82. The van der Waals surface area contributed by atoms with Crippen LogP contribution in [0.3, 0.4) is 0 Å². The van der Waals surface area contributed by atoms with Crippen molar-refractivity contribution in [3.63, 3.8) is 0 Å². The van der Waals surface area contributed by atoms with Crippen molar-refractivity contribution in [2.75, 3.05) is 19.7 Å². The highest BCUT2D eigenvalue weighted by Gasteiger charge is 2.31. The maximum atomic E-state index is 13.0. The average Bonchev–Trinajstić information content (AvgIpc) is 3.03. The fourth-order valence-corrected chi connectivity index (χ4v) is 3.78. The van der Waals surface area contributed by atoms with Gasteiger partial charge in [0.1, 0.15) is 5.82 Å². The lowest BCUT2D eigenvalue weighted by Gasteiger charge is -2.29. The molecule has 5 heteroatoms. The van der Waals surface area contributed by atoms with Gasteiger partial charge in [-0.3, -0.25) is 9.69 Å². The van der Waals surface area contributed by atoms with Crippen molar-refractivity contribution in [2.45, 2.75) is 51.3 Å². The molecule has 0 aromatic heterocycles. The molecule has 2 aliphatic rings. The van der Waals surface area contributed by atoms with Crippen molar-refractivity contribution < 1.29 is 13.9 Å². The van der Waals surface area contributed by atoms with E-state index in [0.717, 1.165) is 50.9 Å². The zero-order chi connectivity index (χ0) is 16.9. The molecule has 2 aliphatic heterocycles. The van der Waals surface area contributed by atoms with Crippen molar-refractivity contribution >= 4 is 5.91 Å². The van der Waals surface area contributed by atoms with Crippen LogP contribution in [0.25, 0.3) is 0 Å². The van der Waals surface area contributed by atoms with E-state index in [1.165, 1.54) is 12.1 Å². The number of amides is 1. The molecule has 2 heterocycles. The summed E-state index contributed by atoms with van der Waals surface area (Å²) < 4.78 is 18.6. The molecule has 3 atom stereocenters. The number of hydrogen-bond donors (Lipinski definition) is 1. The Morgan fingerprint density at radius 3 is 2.88 bits per heavy atom. The molecule has 2 fully saturated rings. The van der Waals surface area contributed by atoms with E-state index in [-0.39, 0.29) is 17.8 Å². The van der Waals surface area contributed by atoms with Gasteiger partial charge in [-0.05, 0) is 62.8 Å². The largest absolute Gasteiger partial charge is 0.378 e. The van der Waals surface area contributed by atoms with Gasteiger partial charge in [0, 0.05) is 19.7 Å². The number of rotatable bonds is 5. The Bertz CT molecular complexity index is 549. The molecule has 0 aliphatic carbocycles. The summed E-state index contributed by atoms with van der Waals surface area (Å²) >= 11 is 0. The topological polar surface area (TPSA) is 41.6 Å². The van der Waals surface area contributed by atoms with Crippen molar-refractivity contribution in [3.05, 3.63) is 35.6 Å². The van der Waals surface area contributed by atoms with E-state index < -0.39 is 0 Å². The molecule has 0 saturated carbocycles. The van der Waals surface area contributed by atoms with Gasteiger partial charge in [-0.1, -0.05) is 12.1 Å². The van der Waals surface area contributed by atoms with Crippen LogP contribution < -0.4 is 5.32 Å². The van der Waals surface area contributed by atoms with Crippen LogP contribution in [0.1, 0.15) is 38.2 Å². The molecular weight excluding hydrogens is 307 g/mol. The van der Waals surface area contributed by atoms with Crippen LogP contribution in [0, 0.1) is 11.7 Å². The second-order valence-electron chi connectivity index (χ2n) is 7.07. The number of hydrogen-bond acceptors (Lipinski definition) is 3. The van der Waals surface area contributed by atoms with Gasteiger partial charge in [0.25, 0.3) is 0 Å². The number of ether oxygens (including phenoxy) is 1. The van der Waals surface area contributed by atoms with Crippen LogP contribution in [-0.2, 0) is 16.1 Å². The number of halogens is 1. The predicted molar refractivity (Wildman–Crippen MR) is 91.0 cm³/mol. The summed E-state index contributed by atoms with van der Waals surface area (Å²) in [6.07, 6.45) is 4.27. The van der Waals surface area contributed by atoms with Crippen LogP contribution in [-0.4, -0.2) is 42.6 Å². The smallest absolute Gasteiger partial charge is 0.237 e. The Balaban J connectivity index is 1.50. The van der Waals surface area contributed by atoms with E-state index in [0.29, 0.717) is 18.6 Å². The summed E-state index contributed by atoms with van der Waals surface area (Å²) in [5.74, 6) is 0.429. The number of benzene rings is 1. The first kappa shape index (κ1) is 17.4. The second-order valence-corrected chi connectivity index (χ2v) is 7.07. The lowest BCUT2D eigenvalue weighted by Crippen LogP contribution is -2.45. The molecule has 1 amide bonds. The summed E-state index contributed by atoms with van der Waals surface area (Å²) in [5, 5.41) is 3.14. The Kier molecular flexibility index (Phi) is 5.85. The van der Waals surface area contributed by atoms with E-state index in [9.17, 15) is 9.18 Å². The molecule has 0 spiro atoms. The molecule has 2 saturated heterocycles. The van der Waals surface area contributed by atoms with Gasteiger partial charge >= 0.3 is 0 Å². The zero-order valence-corrected chi connectivity index (χ0v) is 14.3. The van der Waals surface area contributed by atoms with Crippen molar-refractivity contribution in [3.8, 4) is 0 Å². The fourth-order valence-electron chi connectivity index (χ4n) is 3.78. The van der Waals surface area contributed by atoms with Gasteiger partial charge in [0.2, 0.25) is 5.91 Å². The quantitative estimate of drug-likeness (QED) is 0.900. The van der Waals surface area contributed by atoms with Crippen LogP contribution in [0.5, 0.6) is 0 Å². The minimum Gasteiger partial charge on any atom is -0.378 e. The molecule has 0 radical (unpaired) electrons. The number of nitrogens with one attached hydrogen (secondary N) is 1. The lowest BCUT2D eigenvalue weighted by atomic mass is 9.96. The molecule has 24 heavy (non-hydrogen) atoms. The Morgan fingerprint density at radius 2 is 2.12 bits per heavy atom. The SMILES string of the molecule is CC1CC(CNC(=O)C2CCCN2Cc2ccc(F)cc2)CCO1. The van der Waals surface area contributed by atoms with Crippen molar-refractivity contribution in [1.29, 1.82) is 0 Å². The molecule has 1 aromatic carbocycles. The lowest BCUT2D eigenvalue weighted by molar-refractivity contribution is -0.126. The van der Waals surface area contributed by atoms with E-state index in [1.807, 2.05) is 0 Å². The standard InChI is InChI=1S/C19H27FN2O2/c1-14-11-16(8-10-24-14)12-21-19(23)18-3-2-9-22(18)13-15-4-6-17(20)7-5-15/h4-7,14,16,18H,2-3,8-13H2,1H3,(H,21,23). The molecule has 1 N–H and O–H groups in total. The van der Waals surface area contributed by atoms with Crippen LogP contribution in [0.2, 0.25) is 0 Å². The van der Waals surface area contributed by atoms with Gasteiger partial charge in [0.05, 0.1) is 12.1 Å². The number of nitrogens with zero attached hydrogens (tertiary/aromatic N) is 1. The van der Waals surface area contributed by atoms with Gasteiger partial charge < -0.3 is 10.1 Å². The van der Waals surface area contributed by atoms with Crippen molar-refractivity contribution in [2.24, 2.45) is 5.92 Å². The van der Waals surface area contributed by atoms with Crippen LogP contribution in [0.15, 0.2) is 24.3 Å². The van der Waals surface area contributed by atoms with Gasteiger partial charge in [-0.15, -0.1) is 0 Å². The molecule has 4 nitrogen and oxygen atoms in total. The highest BCUT2D eigenvalue weighted by Crippen LogP contribution is 2.22. The normalized spacial score (nSPS) is 28.0. The molecule has 1 aromatic rings. The van der Waals surface area contributed by atoms with E-state index >= 15 is 0 Å². The molecule has 0 bridgehead atoms. The summed E-state index contributed by atoms with van der Waals surface area (Å²) in [7, 11) is 0. The summed E-state index contributed by atoms with van der Waals surface area (Å²) in [6, 6.07) is 6.49. The molecular formula is C19H27FN2O2. The maximum Gasteiger partial charge on any atom is 0.237 e. The van der Waals surface area contributed by atoms with E-state index in [2.05, 4.69) is 17.1 Å². The first-order valence-electron chi connectivity index (χ1n) is 8.99. The molecule has 3 unspecified atom stereocenters. The summed E-state index contributed by atoms with van der Waals surface area (Å²) in [6.45, 7) is 5.25. The number of carbonyl (C=O) groups is 1. The minimum absolute atomic E-state index is 0.0627. The van der Waals surface area contributed by atoms with Gasteiger partial charge in [-0.2, -0.15) is 0 Å². The third-order valence-electron chi connectivity index (χ3n) is 5.12. The summed E-state index contributed by atoms with van der Waals surface area (Å²) in [5.41, 5.74) is 1.05. The molecule has 3 rings (SSSR count). The average molecular weight is 334 g/mol. The van der Waals surface area contributed by atoms with Crippen molar-refractivity contribution in [1.82, 2.24) is 10.2 Å². The monoisotopic (exact) mass is 334 g/mol. The summed E-state index contributed by atoms with van der Waals surface area (Å²) in [4.78, 5) is 14.8. The third kappa shape index (κ3) is 4.54. The Labute approximate surface area is 143 Å². The van der Waals surface area contributed by atoms with Crippen LogP contribution >= 0.6 is 0 Å². The third-order valence-corrected chi connectivity index (χ3v) is 5.12. The predicted octanol–water partition coefficient (Wildman–Crippen LogP) is 2.72. The second kappa shape index (κ2) is 8.08. The highest BCUT2D eigenvalue weighted by atomic mass is 19.1. The first-order chi connectivity index (χ1) is 11.6. The number of carbonyl (C=O) groups excluding carboxylic acids is 1.